The third kappa shape index (κ3) is 23.2. The lowest BCUT2D eigenvalue weighted by Crippen LogP contribution is -2.68. The molecule has 30 nitrogen and oxygen atoms in total. The number of hydrogen-bond acceptors (Lipinski definition) is 26. The van der Waals surface area contributed by atoms with Crippen LogP contribution in [0.2, 0.25) is 0 Å². The first-order valence-corrected chi connectivity index (χ1v) is 41.3. The lowest BCUT2D eigenvalue weighted by molar-refractivity contribution is -0.379. The Bertz CT molecular complexity index is 4680. The van der Waals surface area contributed by atoms with E-state index in [1.807, 2.05) is 191 Å². The number of hydrogen-bond donors (Lipinski definition) is 0. The van der Waals surface area contributed by atoms with Gasteiger partial charge in [0.25, 0.3) is 0 Å². The number of nitrogens with zero attached hydrogens (tertiary/aromatic N) is 6. The second kappa shape index (κ2) is 45.3. The van der Waals surface area contributed by atoms with E-state index in [1.54, 1.807) is 79.7 Å². The summed E-state index contributed by atoms with van der Waals surface area (Å²) < 4.78 is 135. The van der Waals surface area contributed by atoms with E-state index in [0.29, 0.717) is 17.5 Å². The third-order valence-electron chi connectivity index (χ3n) is 22.4. The highest BCUT2D eigenvalue weighted by atomic mass is 16.8. The van der Waals surface area contributed by atoms with Gasteiger partial charge in [-0.25, -0.2) is 19.2 Å². The molecule has 0 radical (unpaired) electrons. The number of esters is 4. The fraction of sp³-hybridized carbons (Fsp3) is 0.441. The van der Waals surface area contributed by atoms with Gasteiger partial charge in [-0.3, -0.25) is 0 Å². The summed E-state index contributed by atoms with van der Waals surface area (Å²) in [6.45, 7) is 6.74. The van der Waals surface area contributed by atoms with Crippen LogP contribution in [-0.4, -0.2) is 193 Å². The molecule has 8 aromatic carbocycles. The van der Waals surface area contributed by atoms with Gasteiger partial charge in [0.15, 0.2) is 49.8 Å². The molecule has 5 saturated heterocycles. The van der Waals surface area contributed by atoms with Crippen LogP contribution in [0, 0.1) is 11.8 Å². The Hall–Kier alpha value is -10.4. The Morgan fingerprint density at radius 2 is 0.667 bits per heavy atom. The molecule has 10 unspecified atom stereocenters. The number of carbonyl (C=O) groups is 4. The van der Waals surface area contributed by atoms with Crippen molar-refractivity contribution in [3.05, 3.63) is 308 Å². The van der Waals surface area contributed by atoms with Gasteiger partial charge in [0, 0.05) is 22.9 Å². The Labute approximate surface area is 713 Å². The molecule has 123 heavy (non-hydrogen) atoms. The molecule has 5 fully saturated rings. The molecule has 0 N–H and O–H groups in total. The predicted molar refractivity (Wildman–Crippen MR) is 441 cm³/mol. The first-order chi connectivity index (χ1) is 60.2. The summed E-state index contributed by atoms with van der Waals surface area (Å²) in [5, 5.41) is 8.73. The van der Waals surface area contributed by atoms with Crippen LogP contribution in [0.1, 0.15) is 94.6 Å². The minimum atomic E-state index is -1.87. The van der Waals surface area contributed by atoms with Gasteiger partial charge in [0.1, 0.15) is 67.6 Å². The maximum atomic E-state index is 15.1. The van der Waals surface area contributed by atoms with Gasteiger partial charge >= 0.3 is 23.9 Å². The Balaban J connectivity index is 0.862. The van der Waals surface area contributed by atoms with Gasteiger partial charge in [-0.05, 0) is 87.5 Å². The molecule has 13 rings (SSSR count). The van der Waals surface area contributed by atoms with Gasteiger partial charge in [-0.2, -0.15) is 0 Å². The molecule has 0 bridgehead atoms. The quantitative estimate of drug-likeness (QED) is 0.0114. The molecule has 0 saturated carbocycles. The standard InChI is InChI=1S/C93H104N6O24/c1-8-67-72(118-92-83(112-55-64-44-28-15-29-45-64)77(110-53-62-40-24-13-25-41-62)79(81(122-92)87(102)104-5)121-91-71(97-99-95)76(109-52-61-38-22-12-23-39-61)74(68(9-2)115-91)108-51-60-36-20-11-21-37-60)57(3)70(96-98-94)90(114-67)120-80-78(111-54-63-42-26-14-27-43-63)84(117-86(101)66-48-32-17-33-49-66)93(123-82(80)88(103)105-6)119-75-69(56-113-85(100)65-46-30-16-31-47-65)116-89(106-7)58(4)73(75)107-50-59-34-18-10-19-35-59/h10-49,57-58,67-84,89-93H,8-9,50-56H2,1-7H3/t57-,58?,67?,68?,69?,70?,71?,72+,73+,74-,75-,76+,77-,78+,79+,80-,81?,82?,83?,84?,89+,90+,91-,92-,93-/m1/s1. The molecule has 5 heterocycles. The maximum Gasteiger partial charge on any atom is 0.338 e. The molecule has 30 heteroatoms. The number of benzene rings is 8. The lowest BCUT2D eigenvalue weighted by atomic mass is 9.87. The first kappa shape index (κ1) is 90.3. The van der Waals surface area contributed by atoms with Gasteiger partial charge in [-0.1, -0.05) is 256 Å². The zero-order valence-electron chi connectivity index (χ0n) is 69.4. The average Bonchev–Trinajstić information content (AvgIpc) is 0.757. The summed E-state index contributed by atoms with van der Waals surface area (Å²) >= 11 is 0. The lowest BCUT2D eigenvalue weighted by Gasteiger charge is -2.51. The average molecular weight is 1690 g/mol. The number of azide groups is 2. The highest BCUT2D eigenvalue weighted by Gasteiger charge is 2.61. The number of rotatable bonds is 38. The molecule has 25 atom stereocenters. The summed E-state index contributed by atoms with van der Waals surface area (Å²) in [7, 11) is 3.80. The van der Waals surface area contributed by atoms with Crippen molar-refractivity contribution in [1.82, 2.24) is 0 Å². The molecule has 0 amide bonds. The maximum absolute atomic E-state index is 15.1. The molecule has 0 aromatic heterocycles. The minimum Gasteiger partial charge on any atom is -0.467 e. The summed E-state index contributed by atoms with van der Waals surface area (Å²) in [6.07, 6.45) is -28.4. The fourth-order valence-corrected chi connectivity index (χ4v) is 16.0. The summed E-state index contributed by atoms with van der Waals surface area (Å²) in [5.41, 5.74) is 26.3. The van der Waals surface area contributed by atoms with Crippen LogP contribution in [0.4, 0.5) is 0 Å². The predicted octanol–water partition coefficient (Wildman–Crippen LogP) is 14.2. The normalized spacial score (nSPS) is 30.0. The van der Waals surface area contributed by atoms with Crippen molar-refractivity contribution in [3.63, 3.8) is 0 Å². The number of ether oxygens (including phenoxy) is 20. The molecule has 5 aliphatic rings. The van der Waals surface area contributed by atoms with E-state index in [4.69, 9.17) is 94.7 Å². The van der Waals surface area contributed by atoms with E-state index in [1.165, 1.54) is 14.2 Å². The Kier molecular flexibility index (Phi) is 33.3. The fourth-order valence-electron chi connectivity index (χ4n) is 16.0. The first-order valence-electron chi connectivity index (χ1n) is 41.3. The van der Waals surface area contributed by atoms with Crippen LogP contribution in [0.15, 0.2) is 253 Å². The second-order valence-electron chi connectivity index (χ2n) is 30.4. The van der Waals surface area contributed by atoms with E-state index < -0.39 is 184 Å². The van der Waals surface area contributed by atoms with Crippen molar-refractivity contribution in [2.75, 3.05) is 27.9 Å². The number of methoxy groups -OCH3 is 3. The Morgan fingerprint density at radius 3 is 1.08 bits per heavy atom. The van der Waals surface area contributed by atoms with Crippen molar-refractivity contribution in [2.45, 2.75) is 221 Å². The zero-order chi connectivity index (χ0) is 86.0. The molecule has 650 valence electrons. The molecular weight excluding hydrogens is 1590 g/mol. The van der Waals surface area contributed by atoms with Crippen molar-refractivity contribution in [1.29, 1.82) is 0 Å². The number of carbonyl (C=O) groups excluding carboxylic acids is 4. The van der Waals surface area contributed by atoms with Crippen molar-refractivity contribution in [3.8, 4) is 0 Å². The highest BCUT2D eigenvalue weighted by Crippen LogP contribution is 2.44. The molecular formula is C93H104N6O24. The molecule has 0 aliphatic carbocycles. The van der Waals surface area contributed by atoms with Crippen LogP contribution >= 0.6 is 0 Å². The van der Waals surface area contributed by atoms with Gasteiger partial charge in [0.05, 0.1) is 95.4 Å². The monoisotopic (exact) mass is 1690 g/mol. The smallest absolute Gasteiger partial charge is 0.338 e. The second-order valence-corrected chi connectivity index (χ2v) is 30.4. The highest BCUT2D eigenvalue weighted by molar-refractivity contribution is 5.90. The van der Waals surface area contributed by atoms with Crippen LogP contribution in [0.25, 0.3) is 20.9 Å². The molecule has 8 aromatic rings. The third-order valence-corrected chi connectivity index (χ3v) is 22.4. The zero-order valence-corrected chi connectivity index (χ0v) is 69.4. The Morgan fingerprint density at radius 1 is 0.333 bits per heavy atom. The van der Waals surface area contributed by atoms with Crippen LogP contribution < -0.4 is 0 Å². The molecule has 5 aliphatic heterocycles. The van der Waals surface area contributed by atoms with E-state index >= 15 is 14.4 Å². The summed E-state index contributed by atoms with van der Waals surface area (Å²) in [5.74, 6) is -5.12. The van der Waals surface area contributed by atoms with E-state index in [9.17, 15) is 15.9 Å². The molecule has 0 spiro atoms. The topological polar surface area (TPSA) is 350 Å². The van der Waals surface area contributed by atoms with Crippen molar-refractivity contribution in [2.24, 2.45) is 22.1 Å². The van der Waals surface area contributed by atoms with Gasteiger partial charge in [-0.15, -0.1) is 0 Å². The largest absolute Gasteiger partial charge is 0.467 e. The van der Waals surface area contributed by atoms with Crippen LogP contribution in [-0.2, 0) is 144 Å². The van der Waals surface area contributed by atoms with Crippen molar-refractivity contribution >= 4 is 23.9 Å². The summed E-state index contributed by atoms with van der Waals surface area (Å²) in [4.78, 5) is 65.8. The van der Waals surface area contributed by atoms with E-state index in [-0.39, 0.29) is 57.2 Å². The summed E-state index contributed by atoms with van der Waals surface area (Å²) in [6, 6.07) is 69.9. The van der Waals surface area contributed by atoms with Crippen molar-refractivity contribution < 1.29 is 114 Å². The minimum absolute atomic E-state index is 0.0444. The van der Waals surface area contributed by atoms with Crippen LogP contribution in [0.3, 0.4) is 0 Å². The van der Waals surface area contributed by atoms with E-state index in [2.05, 4.69) is 20.1 Å². The van der Waals surface area contributed by atoms with E-state index in [0.717, 1.165) is 29.4 Å². The van der Waals surface area contributed by atoms with Gasteiger partial charge in [0.2, 0.25) is 0 Å². The van der Waals surface area contributed by atoms with Gasteiger partial charge < -0.3 is 94.7 Å². The van der Waals surface area contributed by atoms with Crippen LogP contribution in [0.5, 0.6) is 0 Å². The SMILES string of the molecule is CCC1O[C@@H](O[C@H]2C(C(=O)OC)O[C@@H](O[C@@H]3C(COC(=O)c4ccccc4)O[C@H](OC)C(C)[C@@H]3OCc3ccccc3)C(OC(=O)c3ccccc3)[C@H]2OCc2ccccc2)C(N=[N+]=[N-])[C@@H](C)[C@@H]1O[C@@H]1OC(C(=O)OC)[C@@H](O[C@H]2OC(CC)[C@@H](OCc3ccccc3)[C@@H](OCc3ccccc3)C2N=[N+]=[N-])[C@@H](OCc2ccccc2)C1OCc1ccccc1.